The molecule has 7 heteroatoms. The minimum atomic E-state index is -0.423. The summed E-state index contributed by atoms with van der Waals surface area (Å²) >= 11 is 0. The summed E-state index contributed by atoms with van der Waals surface area (Å²) in [6.45, 7) is 1.92. The molecule has 0 atom stereocenters. The number of benzene rings is 2. The first-order valence-electron chi connectivity index (χ1n) is 8.24. The van der Waals surface area contributed by atoms with Gasteiger partial charge in [0, 0.05) is 17.8 Å². The van der Waals surface area contributed by atoms with Crippen molar-refractivity contribution in [1.82, 2.24) is 9.97 Å². The van der Waals surface area contributed by atoms with Crippen molar-refractivity contribution < 1.29 is 14.0 Å². The van der Waals surface area contributed by atoms with Gasteiger partial charge < -0.3 is 10.6 Å². The van der Waals surface area contributed by atoms with E-state index in [1.54, 1.807) is 36.4 Å². The Hall–Kier alpha value is -3.61. The zero-order valence-corrected chi connectivity index (χ0v) is 14.6. The maximum absolute atomic E-state index is 12.9. The summed E-state index contributed by atoms with van der Waals surface area (Å²) in [6.07, 6.45) is 2.81. The molecule has 1 aromatic heterocycles. The number of rotatable bonds is 6. The molecule has 27 heavy (non-hydrogen) atoms. The fraction of sp³-hybridized carbons (Fsp3) is 0.100. The number of carbonyl (C=O) groups excluding carboxylic acids is 2. The van der Waals surface area contributed by atoms with Crippen LogP contribution in [0.2, 0.25) is 0 Å². The lowest BCUT2D eigenvalue weighted by molar-refractivity contribution is 0.100. The number of nitrogens with zero attached hydrogens (tertiary/aromatic N) is 2. The second-order valence-corrected chi connectivity index (χ2v) is 5.86. The molecule has 1 heterocycles. The van der Waals surface area contributed by atoms with Crippen LogP contribution in [0.3, 0.4) is 0 Å². The maximum atomic E-state index is 12.9. The van der Waals surface area contributed by atoms with Crippen molar-refractivity contribution in [2.45, 2.75) is 13.5 Å². The van der Waals surface area contributed by atoms with Crippen molar-refractivity contribution in [2.75, 3.05) is 10.6 Å². The van der Waals surface area contributed by atoms with E-state index in [0.29, 0.717) is 23.6 Å². The SMILES string of the molecule is CC(=O)c1cccc(NC(=O)c2cnc(NCc3ccc(F)cc3)cn2)c1. The molecule has 1 amide bonds. The van der Waals surface area contributed by atoms with E-state index < -0.39 is 5.91 Å². The summed E-state index contributed by atoms with van der Waals surface area (Å²) in [7, 11) is 0. The van der Waals surface area contributed by atoms with Gasteiger partial charge in [-0.2, -0.15) is 0 Å². The first-order chi connectivity index (χ1) is 13.0. The highest BCUT2D eigenvalue weighted by atomic mass is 19.1. The molecule has 2 N–H and O–H groups in total. The summed E-state index contributed by atoms with van der Waals surface area (Å²) in [5.74, 6) is -0.298. The number of halogens is 1. The van der Waals surface area contributed by atoms with Crippen molar-refractivity contribution in [3.63, 3.8) is 0 Å². The summed E-state index contributed by atoms with van der Waals surface area (Å²) in [6, 6.07) is 12.8. The van der Waals surface area contributed by atoms with E-state index in [1.165, 1.54) is 31.5 Å². The molecule has 2 aromatic carbocycles. The Labute approximate surface area is 155 Å². The number of ketones is 1. The smallest absolute Gasteiger partial charge is 0.275 e. The molecule has 0 saturated carbocycles. The van der Waals surface area contributed by atoms with Crippen LogP contribution in [0.25, 0.3) is 0 Å². The molecule has 0 saturated heterocycles. The second-order valence-electron chi connectivity index (χ2n) is 5.86. The van der Waals surface area contributed by atoms with Gasteiger partial charge in [-0.15, -0.1) is 0 Å². The van der Waals surface area contributed by atoms with Crippen LogP contribution in [0.15, 0.2) is 60.9 Å². The second kappa shape index (κ2) is 8.18. The van der Waals surface area contributed by atoms with Gasteiger partial charge in [-0.05, 0) is 36.8 Å². The minimum absolute atomic E-state index is 0.0810. The minimum Gasteiger partial charge on any atom is -0.365 e. The van der Waals surface area contributed by atoms with E-state index in [2.05, 4.69) is 20.6 Å². The van der Waals surface area contributed by atoms with E-state index in [1.807, 2.05) is 0 Å². The number of aromatic nitrogens is 2. The zero-order valence-electron chi connectivity index (χ0n) is 14.6. The lowest BCUT2D eigenvalue weighted by Gasteiger charge is -2.08. The fourth-order valence-electron chi connectivity index (χ4n) is 2.34. The molecular formula is C20H17FN4O2. The molecule has 6 nitrogen and oxygen atoms in total. The Kier molecular flexibility index (Phi) is 5.51. The molecule has 0 aliphatic heterocycles. The van der Waals surface area contributed by atoms with Crippen LogP contribution in [0, 0.1) is 5.82 Å². The highest BCUT2D eigenvalue weighted by Gasteiger charge is 2.09. The molecule has 0 radical (unpaired) electrons. The van der Waals surface area contributed by atoms with E-state index >= 15 is 0 Å². The van der Waals surface area contributed by atoms with Gasteiger partial charge in [-0.25, -0.2) is 14.4 Å². The molecule has 3 rings (SSSR count). The topological polar surface area (TPSA) is 84.0 Å². The maximum Gasteiger partial charge on any atom is 0.275 e. The summed E-state index contributed by atoms with van der Waals surface area (Å²) in [5, 5.41) is 5.74. The lowest BCUT2D eigenvalue weighted by Crippen LogP contribution is -2.14. The third kappa shape index (κ3) is 4.94. The average Bonchev–Trinajstić information content (AvgIpc) is 2.68. The number of hydrogen-bond acceptors (Lipinski definition) is 5. The molecule has 3 aromatic rings. The molecule has 0 aliphatic carbocycles. The number of nitrogens with one attached hydrogen (secondary N) is 2. The van der Waals surface area contributed by atoms with Gasteiger partial charge in [0.2, 0.25) is 0 Å². The first kappa shape index (κ1) is 18.2. The summed E-state index contributed by atoms with van der Waals surface area (Å²) in [4.78, 5) is 31.9. The van der Waals surface area contributed by atoms with Gasteiger partial charge in [0.15, 0.2) is 5.78 Å². The molecule has 0 unspecified atom stereocenters. The Bertz CT molecular complexity index is 956. The van der Waals surface area contributed by atoms with Crippen molar-refractivity contribution in [3.05, 3.63) is 83.6 Å². The summed E-state index contributed by atoms with van der Waals surface area (Å²) < 4.78 is 12.9. The average molecular weight is 364 g/mol. The van der Waals surface area contributed by atoms with Crippen molar-refractivity contribution in [2.24, 2.45) is 0 Å². The molecular weight excluding hydrogens is 347 g/mol. The van der Waals surface area contributed by atoms with Crippen LogP contribution >= 0.6 is 0 Å². The number of hydrogen-bond donors (Lipinski definition) is 2. The van der Waals surface area contributed by atoms with Crippen LogP contribution in [-0.4, -0.2) is 21.7 Å². The van der Waals surface area contributed by atoms with Gasteiger partial charge in [-0.1, -0.05) is 24.3 Å². The highest BCUT2D eigenvalue weighted by molar-refractivity contribution is 6.03. The van der Waals surface area contributed by atoms with E-state index in [0.717, 1.165) is 5.56 Å². The Morgan fingerprint density at radius 2 is 1.81 bits per heavy atom. The monoisotopic (exact) mass is 364 g/mol. The normalized spacial score (nSPS) is 10.3. The number of carbonyl (C=O) groups is 2. The largest absolute Gasteiger partial charge is 0.365 e. The predicted octanol–water partition coefficient (Wildman–Crippen LogP) is 3.68. The van der Waals surface area contributed by atoms with Gasteiger partial charge in [-0.3, -0.25) is 9.59 Å². The first-order valence-corrected chi connectivity index (χ1v) is 8.24. The Morgan fingerprint density at radius 3 is 2.48 bits per heavy atom. The fourth-order valence-corrected chi connectivity index (χ4v) is 2.34. The number of amides is 1. The Balaban J connectivity index is 1.60. The highest BCUT2D eigenvalue weighted by Crippen LogP contribution is 2.13. The zero-order chi connectivity index (χ0) is 19.2. The Morgan fingerprint density at radius 1 is 1.04 bits per heavy atom. The third-order valence-corrected chi connectivity index (χ3v) is 3.80. The van der Waals surface area contributed by atoms with E-state index in [9.17, 15) is 14.0 Å². The van der Waals surface area contributed by atoms with Crippen molar-refractivity contribution >= 4 is 23.2 Å². The van der Waals surface area contributed by atoms with Crippen molar-refractivity contribution in [1.29, 1.82) is 0 Å². The van der Waals surface area contributed by atoms with Crippen LogP contribution in [0.5, 0.6) is 0 Å². The number of anilines is 2. The quantitative estimate of drug-likeness (QED) is 0.652. The van der Waals surface area contributed by atoms with Gasteiger partial charge in [0.25, 0.3) is 5.91 Å². The summed E-state index contributed by atoms with van der Waals surface area (Å²) in [5.41, 5.74) is 2.06. The van der Waals surface area contributed by atoms with Crippen LogP contribution in [-0.2, 0) is 6.54 Å². The van der Waals surface area contributed by atoms with E-state index in [-0.39, 0.29) is 17.3 Å². The van der Waals surface area contributed by atoms with Crippen LogP contribution in [0.4, 0.5) is 15.9 Å². The molecule has 0 bridgehead atoms. The molecule has 136 valence electrons. The standard InChI is InChI=1S/C20H17FN4O2/c1-13(26)15-3-2-4-17(9-15)25-20(27)18-11-24-19(12-22-18)23-10-14-5-7-16(21)8-6-14/h2-9,11-12H,10H2,1H3,(H,23,24)(H,25,27). The molecule has 0 fully saturated rings. The predicted molar refractivity (Wildman–Crippen MR) is 100 cm³/mol. The van der Waals surface area contributed by atoms with Gasteiger partial charge in [0.1, 0.15) is 17.3 Å². The molecule has 0 spiro atoms. The van der Waals surface area contributed by atoms with Crippen LogP contribution in [0.1, 0.15) is 33.3 Å². The third-order valence-electron chi connectivity index (χ3n) is 3.80. The van der Waals surface area contributed by atoms with Gasteiger partial charge in [0.05, 0.1) is 12.4 Å². The molecule has 0 aliphatic rings. The lowest BCUT2D eigenvalue weighted by atomic mass is 10.1. The van der Waals surface area contributed by atoms with E-state index in [4.69, 9.17) is 0 Å². The number of Topliss-reactive ketones (excluding diaryl/α,β-unsaturated/α-hetero) is 1. The van der Waals surface area contributed by atoms with Gasteiger partial charge >= 0.3 is 0 Å². The van der Waals surface area contributed by atoms with Crippen LogP contribution < -0.4 is 10.6 Å². The van der Waals surface area contributed by atoms with Crippen molar-refractivity contribution in [3.8, 4) is 0 Å².